The van der Waals surface area contributed by atoms with Crippen molar-refractivity contribution in [1.82, 2.24) is 35.2 Å². The molecule has 37 heavy (non-hydrogen) atoms. The molecule has 0 atom stereocenters. The Labute approximate surface area is 207 Å². The number of aromatic nitrogens is 5. The first-order chi connectivity index (χ1) is 17.7. The lowest BCUT2D eigenvalue weighted by Gasteiger charge is -2.35. The third-order valence-electron chi connectivity index (χ3n) is 6.28. The highest BCUT2D eigenvalue weighted by atomic mass is 19.4. The maximum atomic E-state index is 12.9. The zero-order chi connectivity index (χ0) is 25.7. The van der Waals surface area contributed by atoms with Crippen molar-refractivity contribution >= 4 is 41.4 Å². The van der Waals surface area contributed by atoms with Crippen molar-refractivity contribution in [2.24, 2.45) is 0 Å². The van der Waals surface area contributed by atoms with Crippen LogP contribution in [-0.4, -0.2) is 68.7 Å². The van der Waals surface area contributed by atoms with Gasteiger partial charge in [-0.2, -0.15) is 32.8 Å². The lowest BCUT2D eigenvalue weighted by atomic mass is 10.2. The zero-order valence-electron chi connectivity index (χ0n) is 19.3. The second-order valence-electron chi connectivity index (χ2n) is 8.94. The van der Waals surface area contributed by atoms with Gasteiger partial charge < -0.3 is 20.4 Å². The van der Waals surface area contributed by atoms with E-state index in [9.17, 15) is 22.8 Å². The number of anilines is 3. The van der Waals surface area contributed by atoms with Gasteiger partial charge in [0.05, 0.1) is 11.8 Å². The van der Waals surface area contributed by atoms with Crippen LogP contribution in [0.5, 0.6) is 0 Å². The number of pyridine rings is 1. The molecule has 0 aromatic carbocycles. The van der Waals surface area contributed by atoms with Crippen LogP contribution >= 0.6 is 0 Å². The number of hydrogen-bond donors (Lipinski definition) is 3. The van der Waals surface area contributed by atoms with Crippen molar-refractivity contribution in [3.8, 4) is 0 Å². The van der Waals surface area contributed by atoms with E-state index in [1.54, 1.807) is 10.7 Å². The highest BCUT2D eigenvalue weighted by Gasteiger charge is 2.31. The first-order valence-electron chi connectivity index (χ1n) is 11.6. The first-order valence-corrected chi connectivity index (χ1v) is 11.6. The van der Waals surface area contributed by atoms with Gasteiger partial charge in [0, 0.05) is 44.0 Å². The van der Waals surface area contributed by atoms with Gasteiger partial charge in [0.15, 0.2) is 5.65 Å². The molecule has 3 aromatic rings. The minimum atomic E-state index is -4.43. The molecule has 0 spiro atoms. The summed E-state index contributed by atoms with van der Waals surface area (Å²) in [6.45, 7) is 2.07. The van der Waals surface area contributed by atoms with E-state index in [4.69, 9.17) is 4.98 Å². The molecule has 3 N–H and O–H groups in total. The fraction of sp³-hybridized carbons (Fsp3) is 0.364. The van der Waals surface area contributed by atoms with Crippen LogP contribution in [0.4, 0.5) is 35.7 Å². The number of rotatable bonds is 5. The van der Waals surface area contributed by atoms with Crippen LogP contribution in [0.15, 0.2) is 30.2 Å². The summed E-state index contributed by atoms with van der Waals surface area (Å²) >= 11 is 0. The SMILES string of the molecule is O=C1NC(=O)/C(=C/c2cnn3c(NC4CC4)nc(N4CCN(c5ccc(C(F)(F)F)cn5)CC4)nc23)N1. The molecule has 1 aliphatic carbocycles. The number of hydrogen-bond acceptors (Lipinski definition) is 9. The maximum Gasteiger partial charge on any atom is 0.417 e. The molecular formula is C22H21F3N10O2. The van der Waals surface area contributed by atoms with Crippen LogP contribution in [0.2, 0.25) is 0 Å². The van der Waals surface area contributed by atoms with E-state index < -0.39 is 23.7 Å². The Hall–Kier alpha value is -4.43. The largest absolute Gasteiger partial charge is 0.417 e. The van der Waals surface area contributed by atoms with Gasteiger partial charge in [0.2, 0.25) is 11.9 Å². The Morgan fingerprint density at radius 2 is 1.76 bits per heavy atom. The van der Waals surface area contributed by atoms with Crippen LogP contribution in [0.3, 0.4) is 0 Å². The predicted octanol–water partition coefficient (Wildman–Crippen LogP) is 1.62. The minimum absolute atomic E-state index is 0.0921. The summed E-state index contributed by atoms with van der Waals surface area (Å²) in [5.74, 6) is 0.902. The highest BCUT2D eigenvalue weighted by molar-refractivity contribution is 6.14. The Morgan fingerprint density at radius 3 is 2.38 bits per heavy atom. The molecule has 0 unspecified atom stereocenters. The van der Waals surface area contributed by atoms with Gasteiger partial charge in [0.25, 0.3) is 5.91 Å². The van der Waals surface area contributed by atoms with E-state index >= 15 is 0 Å². The molecule has 0 bridgehead atoms. The summed E-state index contributed by atoms with van der Waals surface area (Å²) in [5, 5.41) is 12.3. The van der Waals surface area contributed by atoms with Gasteiger partial charge in [-0.3, -0.25) is 10.1 Å². The number of fused-ring (bicyclic) bond motifs is 1. The molecule has 3 aromatic heterocycles. The van der Waals surface area contributed by atoms with Gasteiger partial charge in [-0.1, -0.05) is 0 Å². The van der Waals surface area contributed by atoms with Gasteiger partial charge in [-0.05, 0) is 31.1 Å². The predicted molar refractivity (Wildman–Crippen MR) is 126 cm³/mol. The number of alkyl halides is 3. The molecule has 192 valence electrons. The summed E-state index contributed by atoms with van der Waals surface area (Å²) in [4.78, 5) is 40.7. The number of carbonyl (C=O) groups excluding carboxylic acids is 2. The van der Waals surface area contributed by atoms with Crippen LogP contribution in [0.25, 0.3) is 11.7 Å². The average molecular weight is 514 g/mol. The van der Waals surface area contributed by atoms with E-state index in [0.29, 0.717) is 61.1 Å². The molecule has 3 amide bonds. The molecule has 6 rings (SSSR count). The number of imide groups is 1. The molecule has 2 saturated heterocycles. The Balaban J connectivity index is 1.25. The Morgan fingerprint density at radius 1 is 1.00 bits per heavy atom. The number of amides is 3. The summed E-state index contributed by atoms with van der Waals surface area (Å²) in [7, 11) is 0. The van der Waals surface area contributed by atoms with E-state index in [1.165, 1.54) is 12.1 Å². The second-order valence-corrected chi connectivity index (χ2v) is 8.94. The van der Waals surface area contributed by atoms with E-state index in [0.717, 1.165) is 25.1 Å². The molecule has 3 fully saturated rings. The number of nitrogens with one attached hydrogen (secondary N) is 3. The Bertz CT molecular complexity index is 1410. The van der Waals surface area contributed by atoms with E-state index in [-0.39, 0.29) is 5.70 Å². The average Bonchev–Trinajstić information content (AvgIpc) is 3.51. The van der Waals surface area contributed by atoms with Crippen molar-refractivity contribution < 1.29 is 22.8 Å². The van der Waals surface area contributed by atoms with Crippen LogP contribution < -0.4 is 25.8 Å². The number of piperazine rings is 1. The summed E-state index contributed by atoms with van der Waals surface area (Å²) in [6.07, 6.45) is 1.51. The first kappa shape index (κ1) is 23.0. The summed E-state index contributed by atoms with van der Waals surface area (Å²) in [6, 6.07) is 2.10. The molecule has 0 radical (unpaired) electrons. The van der Waals surface area contributed by atoms with Gasteiger partial charge >= 0.3 is 12.2 Å². The molecule has 12 nitrogen and oxygen atoms in total. The number of halogens is 3. The quantitative estimate of drug-likeness (QED) is 0.343. The van der Waals surface area contributed by atoms with Crippen molar-refractivity contribution in [3.63, 3.8) is 0 Å². The number of urea groups is 1. The molecule has 1 saturated carbocycles. The third-order valence-corrected chi connectivity index (χ3v) is 6.28. The molecule has 15 heteroatoms. The van der Waals surface area contributed by atoms with E-state index in [1.807, 2.05) is 9.80 Å². The normalized spacial score (nSPS) is 19.5. The lowest BCUT2D eigenvalue weighted by Crippen LogP contribution is -2.47. The maximum absolute atomic E-state index is 12.9. The number of carbonyl (C=O) groups is 2. The second kappa shape index (κ2) is 8.60. The molecule has 3 aliphatic rings. The molecular weight excluding hydrogens is 493 g/mol. The van der Waals surface area contributed by atoms with Crippen molar-refractivity contribution in [3.05, 3.63) is 41.4 Å². The summed E-state index contributed by atoms with van der Waals surface area (Å²) in [5.41, 5.74) is 0.298. The fourth-order valence-electron chi connectivity index (χ4n) is 4.14. The van der Waals surface area contributed by atoms with Crippen molar-refractivity contribution in [1.29, 1.82) is 0 Å². The smallest absolute Gasteiger partial charge is 0.353 e. The van der Waals surface area contributed by atoms with E-state index in [2.05, 4.69) is 31.0 Å². The van der Waals surface area contributed by atoms with Gasteiger partial charge in [-0.25, -0.2) is 9.78 Å². The molecule has 5 heterocycles. The van der Waals surface area contributed by atoms with Crippen molar-refractivity contribution in [2.45, 2.75) is 25.1 Å². The van der Waals surface area contributed by atoms with Gasteiger partial charge in [-0.15, -0.1) is 0 Å². The van der Waals surface area contributed by atoms with Crippen LogP contribution in [0.1, 0.15) is 24.0 Å². The number of nitrogens with zero attached hydrogens (tertiary/aromatic N) is 7. The Kier molecular flexibility index (Phi) is 5.35. The third kappa shape index (κ3) is 4.59. The monoisotopic (exact) mass is 514 g/mol. The minimum Gasteiger partial charge on any atom is -0.353 e. The highest BCUT2D eigenvalue weighted by Crippen LogP contribution is 2.30. The summed E-state index contributed by atoms with van der Waals surface area (Å²) < 4.78 is 40.1. The fourth-order valence-corrected chi connectivity index (χ4v) is 4.14. The van der Waals surface area contributed by atoms with Crippen LogP contribution in [-0.2, 0) is 11.0 Å². The topological polar surface area (TPSA) is 133 Å². The van der Waals surface area contributed by atoms with Gasteiger partial charge in [0.1, 0.15) is 11.5 Å². The standard InChI is InChI=1S/C22H21F3N10O2/c23-22(24,25)13-1-4-16(26-11-13)33-5-7-34(8-6-33)19-30-17-12(9-15-18(36)31-21(37)29-15)10-27-35(17)20(32-19)28-14-2-3-14/h1,4,9-11,14H,2-3,5-8H2,(H,28,30,32)(H2,29,31,36,37)/b15-9-. The lowest BCUT2D eigenvalue weighted by molar-refractivity contribution is -0.137. The van der Waals surface area contributed by atoms with Crippen molar-refractivity contribution in [2.75, 3.05) is 41.3 Å². The zero-order valence-corrected chi connectivity index (χ0v) is 19.3. The van der Waals surface area contributed by atoms with Crippen LogP contribution in [0, 0.1) is 0 Å². The molecule has 2 aliphatic heterocycles.